The predicted molar refractivity (Wildman–Crippen MR) is 49.1 cm³/mol. The molecule has 0 fully saturated rings. The third-order valence-corrected chi connectivity index (χ3v) is 2.28. The van der Waals surface area contributed by atoms with Crippen molar-refractivity contribution in [1.82, 2.24) is 9.55 Å². The van der Waals surface area contributed by atoms with E-state index in [1.165, 1.54) is 0 Å². The number of aryl methyl sites for hydroxylation is 1. The van der Waals surface area contributed by atoms with Gasteiger partial charge in [0.05, 0.1) is 6.33 Å². The van der Waals surface area contributed by atoms with Crippen molar-refractivity contribution < 1.29 is 9.90 Å². The summed E-state index contributed by atoms with van der Waals surface area (Å²) in [4.78, 5) is 14.7. The van der Waals surface area contributed by atoms with Gasteiger partial charge in [0, 0.05) is 11.9 Å². The Hall–Kier alpha value is -1.03. The van der Waals surface area contributed by atoms with Crippen molar-refractivity contribution in [3.63, 3.8) is 0 Å². The molecular weight excluding hydrogens is 192 g/mol. The summed E-state index contributed by atoms with van der Waals surface area (Å²) in [6, 6.07) is -0.392. The SMILES string of the molecule is Cl.O=C(O)C1CCCc2cncn21. The van der Waals surface area contributed by atoms with Gasteiger partial charge >= 0.3 is 5.97 Å². The van der Waals surface area contributed by atoms with E-state index in [2.05, 4.69) is 4.98 Å². The van der Waals surface area contributed by atoms with E-state index in [0.29, 0.717) is 0 Å². The summed E-state index contributed by atoms with van der Waals surface area (Å²) in [5.41, 5.74) is 1.04. The van der Waals surface area contributed by atoms with Gasteiger partial charge < -0.3 is 9.67 Å². The molecule has 0 spiro atoms. The van der Waals surface area contributed by atoms with Crippen molar-refractivity contribution in [1.29, 1.82) is 0 Å². The highest BCUT2D eigenvalue weighted by atomic mass is 35.5. The van der Waals surface area contributed by atoms with Crippen LogP contribution < -0.4 is 0 Å². The first-order valence-corrected chi connectivity index (χ1v) is 4.02. The van der Waals surface area contributed by atoms with Gasteiger partial charge in [-0.15, -0.1) is 12.4 Å². The molecule has 1 unspecified atom stereocenters. The van der Waals surface area contributed by atoms with E-state index in [1.807, 2.05) is 0 Å². The number of carboxylic acid groups (broad SMARTS) is 1. The van der Waals surface area contributed by atoms with E-state index < -0.39 is 12.0 Å². The van der Waals surface area contributed by atoms with Crippen LogP contribution in [0.3, 0.4) is 0 Å². The molecule has 2 heterocycles. The molecule has 0 bridgehead atoms. The number of carboxylic acids is 1. The van der Waals surface area contributed by atoms with Gasteiger partial charge in [-0.1, -0.05) is 0 Å². The minimum Gasteiger partial charge on any atom is -0.480 e. The first-order valence-electron chi connectivity index (χ1n) is 4.02. The third kappa shape index (κ3) is 1.67. The van der Waals surface area contributed by atoms with Crippen LogP contribution in [-0.4, -0.2) is 20.6 Å². The van der Waals surface area contributed by atoms with E-state index in [4.69, 9.17) is 5.11 Å². The maximum absolute atomic E-state index is 10.8. The Balaban J connectivity index is 0.000000845. The number of aromatic nitrogens is 2. The van der Waals surface area contributed by atoms with Gasteiger partial charge in [0.1, 0.15) is 6.04 Å². The van der Waals surface area contributed by atoms with Crippen molar-refractivity contribution in [2.45, 2.75) is 25.3 Å². The number of rotatable bonds is 1. The number of hydrogen-bond acceptors (Lipinski definition) is 2. The van der Waals surface area contributed by atoms with E-state index in [9.17, 15) is 4.79 Å². The lowest BCUT2D eigenvalue weighted by Crippen LogP contribution is -2.23. The number of hydrogen-bond donors (Lipinski definition) is 1. The van der Waals surface area contributed by atoms with Crippen LogP contribution in [-0.2, 0) is 11.2 Å². The number of carbonyl (C=O) groups is 1. The van der Waals surface area contributed by atoms with Crippen molar-refractivity contribution in [2.24, 2.45) is 0 Å². The second kappa shape index (κ2) is 3.79. The van der Waals surface area contributed by atoms with Crippen LogP contribution >= 0.6 is 12.4 Å². The van der Waals surface area contributed by atoms with Crippen LogP contribution in [0.4, 0.5) is 0 Å². The molecule has 72 valence electrons. The zero-order valence-corrected chi connectivity index (χ0v) is 7.83. The second-order valence-electron chi connectivity index (χ2n) is 3.04. The monoisotopic (exact) mass is 202 g/mol. The van der Waals surface area contributed by atoms with Gasteiger partial charge in [-0.25, -0.2) is 9.78 Å². The topological polar surface area (TPSA) is 55.1 Å². The minimum atomic E-state index is -0.756. The summed E-state index contributed by atoms with van der Waals surface area (Å²) >= 11 is 0. The first-order chi connectivity index (χ1) is 5.79. The van der Waals surface area contributed by atoms with Crippen molar-refractivity contribution >= 4 is 18.4 Å². The molecule has 5 heteroatoms. The zero-order chi connectivity index (χ0) is 8.55. The molecule has 2 rings (SSSR count). The number of nitrogens with zero attached hydrogens (tertiary/aromatic N) is 2. The molecule has 0 amide bonds. The molecule has 0 radical (unpaired) electrons. The Morgan fingerprint density at radius 1 is 1.69 bits per heavy atom. The highest BCUT2D eigenvalue weighted by Gasteiger charge is 2.24. The Kier molecular flexibility index (Phi) is 2.93. The molecule has 0 aliphatic carbocycles. The van der Waals surface area contributed by atoms with Crippen LogP contribution in [0.1, 0.15) is 24.6 Å². The number of aliphatic carboxylic acids is 1. The lowest BCUT2D eigenvalue weighted by atomic mass is 10.0. The minimum absolute atomic E-state index is 0. The van der Waals surface area contributed by atoms with Gasteiger partial charge in [0.15, 0.2) is 0 Å². The Morgan fingerprint density at radius 3 is 3.15 bits per heavy atom. The summed E-state index contributed by atoms with van der Waals surface area (Å²) in [6.45, 7) is 0. The van der Waals surface area contributed by atoms with E-state index >= 15 is 0 Å². The molecular formula is C8H11ClN2O2. The summed E-state index contributed by atoms with van der Waals surface area (Å²) in [5, 5.41) is 8.85. The van der Waals surface area contributed by atoms with Gasteiger partial charge in [-0.2, -0.15) is 0 Å². The van der Waals surface area contributed by atoms with Crippen LogP contribution in [0.15, 0.2) is 12.5 Å². The fraction of sp³-hybridized carbons (Fsp3) is 0.500. The highest BCUT2D eigenvalue weighted by Crippen LogP contribution is 2.23. The molecule has 0 saturated heterocycles. The smallest absolute Gasteiger partial charge is 0.326 e. The van der Waals surface area contributed by atoms with Crippen molar-refractivity contribution in [2.75, 3.05) is 0 Å². The van der Waals surface area contributed by atoms with Crippen LogP contribution in [0.25, 0.3) is 0 Å². The Labute approximate surface area is 82.0 Å². The number of halogens is 1. The Bertz CT molecular complexity index is 311. The van der Waals surface area contributed by atoms with Gasteiger partial charge in [-0.3, -0.25) is 0 Å². The molecule has 1 N–H and O–H groups in total. The van der Waals surface area contributed by atoms with Gasteiger partial charge in [0.2, 0.25) is 0 Å². The maximum Gasteiger partial charge on any atom is 0.326 e. The van der Waals surface area contributed by atoms with Crippen LogP contribution in [0, 0.1) is 0 Å². The van der Waals surface area contributed by atoms with Crippen LogP contribution in [0.5, 0.6) is 0 Å². The highest BCUT2D eigenvalue weighted by molar-refractivity contribution is 5.85. The summed E-state index contributed by atoms with van der Waals surface area (Å²) in [7, 11) is 0. The molecule has 1 atom stereocenters. The average molecular weight is 203 g/mol. The molecule has 0 aromatic carbocycles. The molecule has 1 aliphatic heterocycles. The molecule has 13 heavy (non-hydrogen) atoms. The van der Waals surface area contributed by atoms with Crippen molar-refractivity contribution in [3.05, 3.63) is 18.2 Å². The summed E-state index contributed by atoms with van der Waals surface area (Å²) in [6.07, 6.45) is 5.97. The quantitative estimate of drug-likeness (QED) is 0.746. The lowest BCUT2D eigenvalue weighted by Gasteiger charge is -2.21. The van der Waals surface area contributed by atoms with Gasteiger partial charge in [-0.05, 0) is 19.3 Å². The first kappa shape index (κ1) is 10.1. The summed E-state index contributed by atoms with van der Waals surface area (Å²) in [5.74, 6) is -0.756. The molecule has 1 aliphatic rings. The fourth-order valence-electron chi connectivity index (χ4n) is 1.66. The largest absolute Gasteiger partial charge is 0.480 e. The van der Waals surface area contributed by atoms with Gasteiger partial charge in [0.25, 0.3) is 0 Å². The number of fused-ring (bicyclic) bond motifs is 1. The third-order valence-electron chi connectivity index (χ3n) is 2.28. The lowest BCUT2D eigenvalue weighted by molar-refractivity contribution is -0.141. The standard InChI is InChI=1S/C8H10N2O2.ClH/c11-8(12)7-3-1-2-6-4-9-5-10(6)7;/h4-5,7H,1-3H2,(H,11,12);1H. The molecule has 4 nitrogen and oxygen atoms in total. The molecule has 1 aromatic rings. The second-order valence-corrected chi connectivity index (χ2v) is 3.04. The number of imidazole rings is 1. The maximum atomic E-state index is 10.8. The van der Waals surface area contributed by atoms with E-state index in [1.54, 1.807) is 17.1 Å². The molecule has 0 saturated carbocycles. The molecule has 1 aromatic heterocycles. The van der Waals surface area contributed by atoms with Crippen molar-refractivity contribution in [3.8, 4) is 0 Å². The van der Waals surface area contributed by atoms with Crippen LogP contribution in [0.2, 0.25) is 0 Å². The average Bonchev–Trinajstić information content (AvgIpc) is 2.49. The summed E-state index contributed by atoms with van der Waals surface area (Å²) < 4.78 is 1.76. The fourth-order valence-corrected chi connectivity index (χ4v) is 1.66. The normalized spacial score (nSPS) is 20.2. The predicted octanol–water partition coefficient (Wildman–Crippen LogP) is 1.27. The Morgan fingerprint density at radius 2 is 2.46 bits per heavy atom. The van der Waals surface area contributed by atoms with E-state index in [0.717, 1.165) is 25.0 Å². The van der Waals surface area contributed by atoms with E-state index in [-0.39, 0.29) is 12.4 Å². The zero-order valence-electron chi connectivity index (χ0n) is 7.01.